The second-order valence-electron chi connectivity index (χ2n) is 10.8. The molecule has 1 unspecified atom stereocenters. The molecule has 2 aliphatic heterocycles. The third-order valence-corrected chi connectivity index (χ3v) is 7.72. The van der Waals surface area contributed by atoms with Gasteiger partial charge >= 0.3 is 0 Å². The summed E-state index contributed by atoms with van der Waals surface area (Å²) in [6.45, 7) is 12.1. The second kappa shape index (κ2) is 13.3. The van der Waals surface area contributed by atoms with Gasteiger partial charge in [0.1, 0.15) is 6.54 Å². The number of carbonyl (C=O) groups is 2. The summed E-state index contributed by atoms with van der Waals surface area (Å²) >= 11 is 0. The molecule has 0 saturated carbocycles. The smallest absolute Gasteiger partial charge is 0.262 e. The summed E-state index contributed by atoms with van der Waals surface area (Å²) in [4.78, 5) is 31.1. The zero-order valence-corrected chi connectivity index (χ0v) is 24.6. The highest BCUT2D eigenvalue weighted by atomic mass is 16.5. The Hall–Kier alpha value is -3.43. The van der Waals surface area contributed by atoms with E-state index < -0.39 is 0 Å². The SMILES string of the molecule is COc1ccc(C2CC(c3ccc(C)c(C)c3)=NN2C(=O)CN(CCN2CCOCC2)C(=O)C(C)C)cc1OC. The van der Waals surface area contributed by atoms with Crippen LogP contribution in [0.4, 0.5) is 0 Å². The molecule has 0 bridgehead atoms. The van der Waals surface area contributed by atoms with Crippen molar-refractivity contribution in [1.82, 2.24) is 14.8 Å². The number of amides is 2. The molecule has 216 valence electrons. The first kappa shape index (κ1) is 29.6. The van der Waals surface area contributed by atoms with Gasteiger partial charge in [-0.15, -0.1) is 0 Å². The highest BCUT2D eigenvalue weighted by Gasteiger charge is 2.35. The molecular formula is C31H42N4O5. The maximum Gasteiger partial charge on any atom is 0.262 e. The van der Waals surface area contributed by atoms with E-state index in [1.165, 1.54) is 11.1 Å². The number of hydrogen-bond acceptors (Lipinski definition) is 7. The van der Waals surface area contributed by atoms with Crippen LogP contribution >= 0.6 is 0 Å². The predicted octanol–water partition coefficient (Wildman–Crippen LogP) is 3.82. The van der Waals surface area contributed by atoms with Gasteiger partial charge in [0.25, 0.3) is 5.91 Å². The van der Waals surface area contributed by atoms with Crippen LogP contribution < -0.4 is 9.47 Å². The van der Waals surface area contributed by atoms with Crippen molar-refractivity contribution in [3.63, 3.8) is 0 Å². The summed E-state index contributed by atoms with van der Waals surface area (Å²) in [7, 11) is 3.20. The minimum Gasteiger partial charge on any atom is -0.493 e. The summed E-state index contributed by atoms with van der Waals surface area (Å²) in [5, 5.41) is 6.41. The molecule has 2 amide bonds. The molecular weight excluding hydrogens is 508 g/mol. The molecule has 0 N–H and O–H groups in total. The van der Waals surface area contributed by atoms with Gasteiger partial charge < -0.3 is 19.1 Å². The lowest BCUT2D eigenvalue weighted by molar-refractivity contribution is -0.143. The van der Waals surface area contributed by atoms with E-state index in [2.05, 4.69) is 36.9 Å². The van der Waals surface area contributed by atoms with Gasteiger partial charge in [-0.3, -0.25) is 14.5 Å². The highest BCUT2D eigenvalue weighted by molar-refractivity contribution is 6.03. The molecule has 2 aromatic rings. The van der Waals surface area contributed by atoms with E-state index in [-0.39, 0.29) is 30.3 Å². The molecule has 2 aromatic carbocycles. The number of benzene rings is 2. The lowest BCUT2D eigenvalue weighted by atomic mass is 9.96. The monoisotopic (exact) mass is 550 g/mol. The number of hydrazone groups is 1. The Morgan fingerprint density at radius 3 is 2.40 bits per heavy atom. The van der Waals surface area contributed by atoms with Crippen LogP contribution in [0.3, 0.4) is 0 Å². The Labute approximate surface area is 237 Å². The fourth-order valence-electron chi connectivity index (χ4n) is 5.11. The molecule has 40 heavy (non-hydrogen) atoms. The van der Waals surface area contributed by atoms with Crippen molar-refractivity contribution in [1.29, 1.82) is 0 Å². The first-order valence-corrected chi connectivity index (χ1v) is 14.0. The number of methoxy groups -OCH3 is 2. The van der Waals surface area contributed by atoms with E-state index in [1.54, 1.807) is 24.1 Å². The first-order valence-electron chi connectivity index (χ1n) is 14.0. The van der Waals surface area contributed by atoms with Gasteiger partial charge in [-0.2, -0.15) is 5.10 Å². The minimum absolute atomic E-state index is 0.0329. The lowest BCUT2D eigenvalue weighted by Gasteiger charge is -2.31. The van der Waals surface area contributed by atoms with Gasteiger partial charge in [0.15, 0.2) is 11.5 Å². The minimum atomic E-state index is -0.334. The second-order valence-corrected chi connectivity index (χ2v) is 10.8. The Kier molecular flexibility index (Phi) is 9.81. The number of hydrogen-bond donors (Lipinski definition) is 0. The first-order chi connectivity index (χ1) is 19.2. The van der Waals surface area contributed by atoms with Crippen LogP contribution in [-0.2, 0) is 14.3 Å². The van der Waals surface area contributed by atoms with Gasteiger partial charge in [0.05, 0.1) is 39.2 Å². The third-order valence-electron chi connectivity index (χ3n) is 7.72. The summed E-state index contributed by atoms with van der Waals surface area (Å²) < 4.78 is 16.4. The molecule has 0 aromatic heterocycles. The van der Waals surface area contributed by atoms with Crippen molar-refractivity contribution < 1.29 is 23.8 Å². The van der Waals surface area contributed by atoms with E-state index in [9.17, 15) is 9.59 Å². The molecule has 1 atom stereocenters. The number of nitrogens with zero attached hydrogens (tertiary/aromatic N) is 4. The van der Waals surface area contributed by atoms with Gasteiger partial charge in [-0.1, -0.05) is 32.0 Å². The number of aryl methyl sites for hydroxylation is 2. The van der Waals surface area contributed by atoms with Gasteiger partial charge in [0, 0.05) is 38.5 Å². The van der Waals surface area contributed by atoms with Crippen molar-refractivity contribution in [2.24, 2.45) is 11.0 Å². The quantitative estimate of drug-likeness (QED) is 0.447. The molecule has 4 rings (SSSR count). The maximum absolute atomic E-state index is 13.9. The van der Waals surface area contributed by atoms with Crippen LogP contribution in [0.1, 0.15) is 48.6 Å². The molecule has 9 heteroatoms. The molecule has 0 radical (unpaired) electrons. The lowest BCUT2D eigenvalue weighted by Crippen LogP contribution is -2.47. The number of rotatable bonds is 10. The summed E-state index contributed by atoms with van der Waals surface area (Å²) in [6, 6.07) is 11.6. The van der Waals surface area contributed by atoms with E-state index in [0.29, 0.717) is 44.2 Å². The molecule has 2 heterocycles. The van der Waals surface area contributed by atoms with Crippen LogP contribution in [-0.4, -0.2) is 92.5 Å². The van der Waals surface area contributed by atoms with Crippen LogP contribution in [0, 0.1) is 19.8 Å². The van der Waals surface area contributed by atoms with Crippen molar-refractivity contribution in [2.45, 2.75) is 40.2 Å². The van der Waals surface area contributed by atoms with Gasteiger partial charge in [-0.25, -0.2) is 5.01 Å². The fraction of sp³-hybridized carbons (Fsp3) is 0.516. The Balaban J connectivity index is 1.62. The number of carbonyl (C=O) groups excluding carboxylic acids is 2. The van der Waals surface area contributed by atoms with Crippen LogP contribution in [0.5, 0.6) is 11.5 Å². The summed E-state index contributed by atoms with van der Waals surface area (Å²) in [5.74, 6) is 0.743. The normalized spacial score (nSPS) is 17.6. The van der Waals surface area contributed by atoms with Crippen molar-refractivity contribution >= 4 is 17.5 Å². The highest BCUT2D eigenvalue weighted by Crippen LogP contribution is 2.37. The standard InChI is InChI=1S/C31H42N4O5/c1-21(2)31(37)34(12-11-33-13-15-40-16-14-33)20-30(36)35-27(25-9-10-28(38-5)29(18-25)39-6)19-26(32-35)24-8-7-22(3)23(4)17-24/h7-10,17-18,21,27H,11-16,19-20H2,1-6H3. The Morgan fingerprint density at radius 2 is 1.75 bits per heavy atom. The van der Waals surface area contributed by atoms with E-state index >= 15 is 0 Å². The number of ether oxygens (including phenoxy) is 3. The molecule has 1 saturated heterocycles. The topological polar surface area (TPSA) is 83.9 Å². The van der Waals surface area contributed by atoms with Crippen molar-refractivity contribution in [3.05, 3.63) is 58.7 Å². The summed E-state index contributed by atoms with van der Waals surface area (Å²) in [5.41, 5.74) is 5.10. The van der Waals surface area contributed by atoms with Crippen LogP contribution in [0.25, 0.3) is 0 Å². The van der Waals surface area contributed by atoms with E-state index in [1.807, 2.05) is 32.0 Å². The molecule has 0 aliphatic carbocycles. The fourth-order valence-corrected chi connectivity index (χ4v) is 5.11. The Bertz CT molecular complexity index is 1240. The Morgan fingerprint density at radius 1 is 1.02 bits per heavy atom. The van der Waals surface area contributed by atoms with Crippen molar-refractivity contribution in [3.8, 4) is 11.5 Å². The molecule has 0 spiro atoms. The number of morpholine rings is 1. The average Bonchev–Trinajstić information content (AvgIpc) is 3.42. The third kappa shape index (κ3) is 6.82. The predicted molar refractivity (Wildman–Crippen MR) is 155 cm³/mol. The van der Waals surface area contributed by atoms with E-state index in [4.69, 9.17) is 19.3 Å². The maximum atomic E-state index is 13.9. The average molecular weight is 551 g/mol. The van der Waals surface area contributed by atoms with Crippen LogP contribution in [0.2, 0.25) is 0 Å². The van der Waals surface area contributed by atoms with E-state index in [0.717, 1.165) is 29.9 Å². The molecule has 1 fully saturated rings. The summed E-state index contributed by atoms with van der Waals surface area (Å²) in [6.07, 6.45) is 0.551. The van der Waals surface area contributed by atoms with Gasteiger partial charge in [0.2, 0.25) is 5.91 Å². The van der Waals surface area contributed by atoms with Crippen molar-refractivity contribution in [2.75, 3.05) is 60.2 Å². The zero-order chi connectivity index (χ0) is 28.8. The largest absolute Gasteiger partial charge is 0.493 e. The molecule has 2 aliphatic rings. The van der Waals surface area contributed by atoms with Gasteiger partial charge in [-0.05, 0) is 54.3 Å². The molecule has 9 nitrogen and oxygen atoms in total. The zero-order valence-electron chi connectivity index (χ0n) is 24.6. The van der Waals surface area contributed by atoms with Crippen LogP contribution in [0.15, 0.2) is 41.5 Å².